The summed E-state index contributed by atoms with van der Waals surface area (Å²) in [6.45, 7) is 2.00. The Bertz CT molecular complexity index is 960. The van der Waals surface area contributed by atoms with E-state index >= 15 is 0 Å². The SMILES string of the molecule is Cc1ccnc(N=Cc2c(O)c(Br)cc3oc4c(c23)CCCC4)c1. The van der Waals surface area contributed by atoms with E-state index in [2.05, 4.69) is 25.9 Å². The first-order valence-electron chi connectivity index (χ1n) is 8.06. The Labute approximate surface area is 148 Å². The fourth-order valence-corrected chi connectivity index (χ4v) is 3.68. The molecule has 3 aromatic rings. The van der Waals surface area contributed by atoms with Gasteiger partial charge in [0.1, 0.15) is 17.1 Å². The number of rotatable bonds is 2. The minimum absolute atomic E-state index is 0.188. The quantitative estimate of drug-likeness (QED) is 0.615. The maximum absolute atomic E-state index is 10.5. The zero-order valence-corrected chi connectivity index (χ0v) is 14.9. The van der Waals surface area contributed by atoms with Crippen LogP contribution in [0.5, 0.6) is 5.75 Å². The van der Waals surface area contributed by atoms with Gasteiger partial charge in [0, 0.05) is 35.3 Å². The number of benzene rings is 1. The van der Waals surface area contributed by atoms with E-state index in [0.29, 0.717) is 15.9 Å². The van der Waals surface area contributed by atoms with Crippen LogP contribution in [0.4, 0.5) is 5.82 Å². The van der Waals surface area contributed by atoms with Crippen LogP contribution < -0.4 is 0 Å². The molecule has 122 valence electrons. The highest BCUT2D eigenvalue weighted by atomic mass is 79.9. The van der Waals surface area contributed by atoms with Crippen molar-refractivity contribution in [3.05, 3.63) is 51.3 Å². The van der Waals surface area contributed by atoms with Gasteiger partial charge >= 0.3 is 0 Å². The Balaban J connectivity index is 1.90. The summed E-state index contributed by atoms with van der Waals surface area (Å²) >= 11 is 3.41. The average molecular weight is 385 g/mol. The van der Waals surface area contributed by atoms with Gasteiger partial charge in [0.05, 0.1) is 4.47 Å². The maximum atomic E-state index is 10.5. The van der Waals surface area contributed by atoms with Gasteiger partial charge in [-0.1, -0.05) is 0 Å². The number of phenols is 1. The van der Waals surface area contributed by atoms with Crippen LogP contribution in [-0.2, 0) is 12.8 Å². The Morgan fingerprint density at radius 1 is 1.29 bits per heavy atom. The van der Waals surface area contributed by atoms with Crippen LogP contribution in [0.15, 0.2) is 38.3 Å². The van der Waals surface area contributed by atoms with Crippen LogP contribution >= 0.6 is 15.9 Å². The molecule has 24 heavy (non-hydrogen) atoms. The topological polar surface area (TPSA) is 58.6 Å². The highest BCUT2D eigenvalue weighted by Gasteiger charge is 2.22. The zero-order valence-electron chi connectivity index (χ0n) is 13.3. The number of aliphatic imine (C=N–C) groups is 1. The van der Waals surface area contributed by atoms with Crippen molar-refractivity contribution < 1.29 is 9.52 Å². The number of furan rings is 1. The summed E-state index contributed by atoms with van der Waals surface area (Å²) in [4.78, 5) is 8.71. The van der Waals surface area contributed by atoms with Crippen molar-refractivity contribution in [2.75, 3.05) is 0 Å². The Hall–Kier alpha value is -2.14. The minimum atomic E-state index is 0.188. The molecule has 2 aromatic heterocycles. The highest BCUT2D eigenvalue weighted by molar-refractivity contribution is 9.10. The zero-order chi connectivity index (χ0) is 16.7. The van der Waals surface area contributed by atoms with Gasteiger partial charge in [0.25, 0.3) is 0 Å². The second-order valence-corrected chi connectivity index (χ2v) is 7.01. The molecular formula is C19H17BrN2O2. The minimum Gasteiger partial charge on any atom is -0.506 e. The first kappa shape index (κ1) is 15.4. The number of aryl methyl sites for hydroxylation is 3. The summed E-state index contributed by atoms with van der Waals surface area (Å²) in [6, 6.07) is 5.68. The van der Waals surface area contributed by atoms with Crippen LogP contribution in [0.25, 0.3) is 11.0 Å². The number of aromatic hydroxyl groups is 1. The number of halogens is 1. The number of hydrogen-bond acceptors (Lipinski definition) is 4. The molecule has 0 unspecified atom stereocenters. The molecular weight excluding hydrogens is 368 g/mol. The molecule has 5 heteroatoms. The van der Waals surface area contributed by atoms with Crippen molar-refractivity contribution >= 4 is 38.9 Å². The fourth-order valence-electron chi connectivity index (χ4n) is 3.26. The molecule has 0 spiro atoms. The molecule has 1 N–H and O–H groups in total. The van der Waals surface area contributed by atoms with Gasteiger partial charge in [-0.15, -0.1) is 0 Å². The van der Waals surface area contributed by atoms with Crippen molar-refractivity contribution in [1.29, 1.82) is 0 Å². The van der Waals surface area contributed by atoms with Gasteiger partial charge in [-0.05, 0) is 65.9 Å². The van der Waals surface area contributed by atoms with Crippen LogP contribution in [0.1, 0.15) is 35.3 Å². The van der Waals surface area contributed by atoms with Crippen molar-refractivity contribution in [2.24, 2.45) is 4.99 Å². The lowest BCUT2D eigenvalue weighted by Crippen LogP contribution is -1.99. The number of hydrogen-bond donors (Lipinski definition) is 1. The standard InChI is InChI=1S/C19H17BrN2O2/c1-11-6-7-21-17(8-11)22-10-13-18-12-4-2-3-5-15(12)24-16(18)9-14(20)19(13)23/h6-10,23H,2-5H2,1H3. The van der Waals surface area contributed by atoms with Crippen molar-refractivity contribution in [3.63, 3.8) is 0 Å². The molecule has 0 saturated carbocycles. The van der Waals surface area contributed by atoms with Crippen LogP contribution in [0.3, 0.4) is 0 Å². The molecule has 1 aromatic carbocycles. The Kier molecular flexibility index (Phi) is 3.88. The van der Waals surface area contributed by atoms with Crippen molar-refractivity contribution in [2.45, 2.75) is 32.6 Å². The molecule has 0 saturated heterocycles. The normalized spacial score (nSPS) is 14.4. The Morgan fingerprint density at radius 2 is 2.12 bits per heavy atom. The number of phenolic OH excluding ortho intramolecular Hbond substituents is 1. The third-order valence-electron chi connectivity index (χ3n) is 4.43. The van der Waals surface area contributed by atoms with Crippen LogP contribution in [0.2, 0.25) is 0 Å². The van der Waals surface area contributed by atoms with E-state index in [1.54, 1.807) is 12.4 Å². The lowest BCUT2D eigenvalue weighted by atomic mass is 9.94. The third-order valence-corrected chi connectivity index (χ3v) is 5.04. The van der Waals surface area contributed by atoms with Crippen LogP contribution in [0, 0.1) is 6.92 Å². The van der Waals surface area contributed by atoms with E-state index in [0.717, 1.165) is 48.0 Å². The van der Waals surface area contributed by atoms with Gasteiger partial charge < -0.3 is 9.52 Å². The van der Waals surface area contributed by atoms with Crippen molar-refractivity contribution in [1.82, 2.24) is 4.98 Å². The second-order valence-electron chi connectivity index (χ2n) is 6.15. The molecule has 2 heterocycles. The molecule has 4 rings (SSSR count). The van der Waals surface area contributed by atoms with E-state index < -0.39 is 0 Å². The average Bonchev–Trinajstić information content (AvgIpc) is 2.93. The van der Waals surface area contributed by atoms with Gasteiger partial charge in [0.2, 0.25) is 0 Å². The highest BCUT2D eigenvalue weighted by Crippen LogP contribution is 2.40. The largest absolute Gasteiger partial charge is 0.506 e. The molecule has 0 fully saturated rings. The summed E-state index contributed by atoms with van der Waals surface area (Å²) in [5.74, 6) is 1.85. The monoisotopic (exact) mass is 384 g/mol. The van der Waals surface area contributed by atoms with E-state index in [-0.39, 0.29) is 5.75 Å². The predicted molar refractivity (Wildman–Crippen MR) is 98.4 cm³/mol. The summed E-state index contributed by atoms with van der Waals surface area (Å²) < 4.78 is 6.63. The van der Waals surface area contributed by atoms with Gasteiger partial charge in [-0.2, -0.15) is 0 Å². The van der Waals surface area contributed by atoms with Crippen LogP contribution in [-0.4, -0.2) is 16.3 Å². The molecule has 0 radical (unpaired) electrons. The number of aromatic nitrogens is 1. The molecule has 0 atom stereocenters. The molecule has 0 bridgehead atoms. The van der Waals surface area contributed by atoms with Gasteiger partial charge in [-0.25, -0.2) is 9.98 Å². The summed E-state index contributed by atoms with van der Waals surface area (Å²) in [7, 11) is 0. The molecule has 1 aliphatic carbocycles. The number of nitrogens with zero attached hydrogens (tertiary/aromatic N) is 2. The van der Waals surface area contributed by atoms with Crippen molar-refractivity contribution in [3.8, 4) is 5.75 Å². The summed E-state index contributed by atoms with van der Waals surface area (Å²) in [5.41, 5.74) is 3.79. The maximum Gasteiger partial charge on any atom is 0.151 e. The summed E-state index contributed by atoms with van der Waals surface area (Å²) in [5, 5.41) is 11.5. The number of pyridine rings is 1. The number of fused-ring (bicyclic) bond motifs is 3. The van der Waals surface area contributed by atoms with E-state index in [1.165, 1.54) is 5.56 Å². The first-order valence-corrected chi connectivity index (χ1v) is 8.85. The molecule has 0 amide bonds. The molecule has 1 aliphatic rings. The fraction of sp³-hybridized carbons (Fsp3) is 0.263. The third kappa shape index (κ3) is 2.63. The Morgan fingerprint density at radius 3 is 2.96 bits per heavy atom. The predicted octanol–water partition coefficient (Wildman–Crippen LogP) is 5.23. The summed E-state index contributed by atoms with van der Waals surface area (Å²) in [6.07, 6.45) is 7.66. The second kappa shape index (κ2) is 6.06. The first-order chi connectivity index (χ1) is 11.6. The smallest absolute Gasteiger partial charge is 0.151 e. The van der Waals surface area contributed by atoms with E-state index in [9.17, 15) is 5.11 Å². The molecule has 4 nitrogen and oxygen atoms in total. The molecule has 0 aliphatic heterocycles. The van der Waals surface area contributed by atoms with Gasteiger partial charge in [-0.3, -0.25) is 0 Å². The van der Waals surface area contributed by atoms with Gasteiger partial charge in [0.15, 0.2) is 5.82 Å². The van der Waals surface area contributed by atoms with E-state index in [1.807, 2.05) is 25.1 Å². The van der Waals surface area contributed by atoms with E-state index in [4.69, 9.17) is 4.42 Å². The lowest BCUT2D eigenvalue weighted by molar-refractivity contribution is 0.471. The lowest BCUT2D eigenvalue weighted by Gasteiger charge is -2.10.